The second kappa shape index (κ2) is 14.7. The highest BCUT2D eigenvalue weighted by Crippen LogP contribution is 2.29. The average Bonchev–Trinajstić information content (AvgIpc) is 2.68. The molecule has 0 unspecified atom stereocenters. The minimum atomic E-state index is -0.396. The molecule has 0 aliphatic heterocycles. The molecule has 28 heavy (non-hydrogen) atoms. The van der Waals surface area contributed by atoms with Crippen molar-refractivity contribution in [2.45, 2.75) is 46.0 Å². The van der Waals surface area contributed by atoms with Gasteiger partial charge in [0.05, 0.1) is 32.0 Å². The number of benzene rings is 1. The molecule has 0 spiro atoms. The Hall–Kier alpha value is -2.28. The molecule has 158 valence electrons. The molecule has 0 aliphatic rings. The lowest BCUT2D eigenvalue weighted by molar-refractivity contribution is -0.143. The molecule has 0 radical (unpaired) electrons. The summed E-state index contributed by atoms with van der Waals surface area (Å²) in [5.74, 6) is 0.533. The number of esters is 2. The maximum absolute atomic E-state index is 11.9. The molecular weight excluding hydrogens is 364 g/mol. The van der Waals surface area contributed by atoms with Gasteiger partial charge in [0, 0.05) is 13.5 Å². The van der Waals surface area contributed by atoms with Crippen molar-refractivity contribution in [2.75, 3.05) is 40.1 Å². The molecule has 7 heteroatoms. The molecular formula is C21H32O7. The number of ether oxygens (including phenoxy) is 5. The summed E-state index contributed by atoms with van der Waals surface area (Å²) in [5.41, 5.74) is 0.417. The van der Waals surface area contributed by atoms with Crippen LogP contribution in [0.1, 0.15) is 56.3 Å². The summed E-state index contributed by atoms with van der Waals surface area (Å²) in [6.07, 6.45) is 4.04. The fourth-order valence-corrected chi connectivity index (χ4v) is 2.46. The van der Waals surface area contributed by atoms with Gasteiger partial charge < -0.3 is 23.7 Å². The Bertz CT molecular complexity index is 586. The Morgan fingerprint density at radius 3 is 2.25 bits per heavy atom. The summed E-state index contributed by atoms with van der Waals surface area (Å²) in [6, 6.07) is 5.01. The standard InChI is InChI=1S/C21H32O7/c1-4-25-20(22)10-8-6-7-9-13-27-18-12-11-17(21(23)26-5-2)16-19(18)28-15-14-24-3/h11-12,16H,4-10,13-15H2,1-3H3. The number of hydrogen-bond acceptors (Lipinski definition) is 7. The Labute approximate surface area is 167 Å². The first-order valence-electron chi connectivity index (χ1n) is 9.83. The monoisotopic (exact) mass is 396 g/mol. The van der Waals surface area contributed by atoms with Crippen molar-refractivity contribution < 1.29 is 33.3 Å². The van der Waals surface area contributed by atoms with Gasteiger partial charge >= 0.3 is 11.9 Å². The predicted molar refractivity (Wildman–Crippen MR) is 105 cm³/mol. The van der Waals surface area contributed by atoms with Gasteiger partial charge in [-0.05, 0) is 44.9 Å². The summed E-state index contributed by atoms with van der Waals surface area (Å²) in [6.45, 7) is 5.62. The zero-order valence-corrected chi connectivity index (χ0v) is 17.2. The quantitative estimate of drug-likeness (QED) is 0.330. The zero-order valence-electron chi connectivity index (χ0n) is 17.2. The van der Waals surface area contributed by atoms with E-state index in [1.54, 1.807) is 32.2 Å². The van der Waals surface area contributed by atoms with Gasteiger partial charge in [-0.2, -0.15) is 0 Å². The second-order valence-electron chi connectivity index (χ2n) is 6.04. The minimum Gasteiger partial charge on any atom is -0.490 e. The molecule has 0 atom stereocenters. The van der Waals surface area contributed by atoms with Gasteiger partial charge in [-0.25, -0.2) is 4.79 Å². The van der Waals surface area contributed by atoms with Crippen LogP contribution in [0.5, 0.6) is 11.5 Å². The molecule has 0 aliphatic carbocycles. The van der Waals surface area contributed by atoms with Crippen molar-refractivity contribution in [1.29, 1.82) is 0 Å². The summed E-state index contributed by atoms with van der Waals surface area (Å²) in [7, 11) is 1.59. The van der Waals surface area contributed by atoms with Gasteiger partial charge in [-0.1, -0.05) is 12.8 Å². The smallest absolute Gasteiger partial charge is 0.338 e. The van der Waals surface area contributed by atoms with E-state index in [-0.39, 0.29) is 5.97 Å². The lowest BCUT2D eigenvalue weighted by Gasteiger charge is -2.14. The van der Waals surface area contributed by atoms with E-state index >= 15 is 0 Å². The fraction of sp³-hybridized carbons (Fsp3) is 0.619. The van der Waals surface area contributed by atoms with Crippen molar-refractivity contribution in [3.05, 3.63) is 23.8 Å². The highest BCUT2D eigenvalue weighted by Gasteiger charge is 2.13. The first-order chi connectivity index (χ1) is 13.6. The van der Waals surface area contributed by atoms with Gasteiger partial charge in [0.1, 0.15) is 6.61 Å². The highest BCUT2D eigenvalue weighted by atomic mass is 16.5. The van der Waals surface area contributed by atoms with Crippen molar-refractivity contribution in [2.24, 2.45) is 0 Å². The van der Waals surface area contributed by atoms with Crippen LogP contribution in [-0.4, -0.2) is 52.1 Å². The lowest BCUT2D eigenvalue weighted by Crippen LogP contribution is -2.09. The predicted octanol–water partition coefficient (Wildman–Crippen LogP) is 3.78. The lowest BCUT2D eigenvalue weighted by atomic mass is 10.1. The molecule has 0 saturated heterocycles. The molecule has 0 heterocycles. The SMILES string of the molecule is CCOC(=O)CCCCCCOc1ccc(C(=O)OCC)cc1OCCOC. The Balaban J connectivity index is 2.47. The third-order valence-corrected chi connectivity index (χ3v) is 3.84. The van der Waals surface area contributed by atoms with Crippen molar-refractivity contribution >= 4 is 11.9 Å². The first-order valence-corrected chi connectivity index (χ1v) is 9.83. The maximum atomic E-state index is 11.9. The van der Waals surface area contributed by atoms with E-state index in [0.717, 1.165) is 25.7 Å². The van der Waals surface area contributed by atoms with Crippen LogP contribution in [0.25, 0.3) is 0 Å². The third kappa shape index (κ3) is 9.60. The zero-order chi connectivity index (χ0) is 20.6. The number of methoxy groups -OCH3 is 1. The third-order valence-electron chi connectivity index (χ3n) is 3.84. The molecule has 0 saturated carbocycles. The Morgan fingerprint density at radius 1 is 0.821 bits per heavy atom. The summed E-state index contributed by atoms with van der Waals surface area (Å²) in [5, 5.41) is 0. The van der Waals surface area contributed by atoms with E-state index in [0.29, 0.717) is 56.5 Å². The fourth-order valence-electron chi connectivity index (χ4n) is 2.46. The largest absolute Gasteiger partial charge is 0.490 e. The summed E-state index contributed by atoms with van der Waals surface area (Å²) < 4.78 is 26.4. The second-order valence-corrected chi connectivity index (χ2v) is 6.04. The molecule has 1 aromatic carbocycles. The van der Waals surface area contributed by atoms with Gasteiger partial charge in [0.25, 0.3) is 0 Å². The molecule has 1 aromatic rings. The van der Waals surface area contributed by atoms with E-state index < -0.39 is 5.97 Å². The number of hydrogen-bond donors (Lipinski definition) is 0. The summed E-state index contributed by atoms with van der Waals surface area (Å²) >= 11 is 0. The number of carbonyl (C=O) groups excluding carboxylic acids is 2. The topological polar surface area (TPSA) is 80.3 Å². The minimum absolute atomic E-state index is 0.140. The molecule has 7 nitrogen and oxygen atoms in total. The van der Waals surface area contributed by atoms with E-state index in [9.17, 15) is 9.59 Å². The number of carbonyl (C=O) groups is 2. The summed E-state index contributed by atoms with van der Waals surface area (Å²) in [4.78, 5) is 23.2. The van der Waals surface area contributed by atoms with E-state index in [1.165, 1.54) is 0 Å². The van der Waals surface area contributed by atoms with Crippen molar-refractivity contribution in [3.8, 4) is 11.5 Å². The molecule has 0 amide bonds. The Morgan fingerprint density at radius 2 is 1.54 bits per heavy atom. The molecule has 0 fully saturated rings. The first kappa shape index (κ1) is 23.8. The molecule has 0 aromatic heterocycles. The van der Waals surface area contributed by atoms with Crippen LogP contribution < -0.4 is 9.47 Å². The van der Waals surface area contributed by atoms with E-state index in [4.69, 9.17) is 23.7 Å². The van der Waals surface area contributed by atoms with Crippen LogP contribution in [0.4, 0.5) is 0 Å². The van der Waals surface area contributed by atoms with Gasteiger partial charge in [0.15, 0.2) is 11.5 Å². The van der Waals surface area contributed by atoms with Gasteiger partial charge in [0.2, 0.25) is 0 Å². The Kier molecular flexibility index (Phi) is 12.5. The van der Waals surface area contributed by atoms with E-state index in [1.807, 2.05) is 6.92 Å². The van der Waals surface area contributed by atoms with Gasteiger partial charge in [-0.15, -0.1) is 0 Å². The average molecular weight is 396 g/mol. The van der Waals surface area contributed by atoms with Gasteiger partial charge in [-0.3, -0.25) is 4.79 Å². The molecule has 1 rings (SSSR count). The van der Waals surface area contributed by atoms with Crippen LogP contribution in [0.2, 0.25) is 0 Å². The van der Waals surface area contributed by atoms with Crippen molar-refractivity contribution in [3.63, 3.8) is 0 Å². The molecule has 0 N–H and O–H groups in total. The van der Waals surface area contributed by atoms with Crippen molar-refractivity contribution in [1.82, 2.24) is 0 Å². The maximum Gasteiger partial charge on any atom is 0.338 e. The number of unbranched alkanes of at least 4 members (excludes halogenated alkanes) is 3. The highest BCUT2D eigenvalue weighted by molar-refractivity contribution is 5.90. The van der Waals surface area contributed by atoms with Crippen LogP contribution in [0.15, 0.2) is 18.2 Å². The van der Waals surface area contributed by atoms with Crippen LogP contribution >= 0.6 is 0 Å². The van der Waals surface area contributed by atoms with E-state index in [2.05, 4.69) is 0 Å². The van der Waals surface area contributed by atoms with Crippen LogP contribution in [0, 0.1) is 0 Å². The normalized spacial score (nSPS) is 10.4. The molecule has 0 bridgehead atoms. The number of rotatable bonds is 15. The van der Waals surface area contributed by atoms with Crippen LogP contribution in [-0.2, 0) is 19.0 Å². The van der Waals surface area contributed by atoms with Crippen LogP contribution in [0.3, 0.4) is 0 Å².